The Balaban J connectivity index is 2.42. The van der Waals surface area contributed by atoms with Crippen molar-refractivity contribution in [2.75, 3.05) is 0 Å². The molecule has 0 unspecified atom stereocenters. The van der Waals surface area contributed by atoms with Gasteiger partial charge in [-0.25, -0.2) is 4.98 Å². The molecule has 1 rings (SSSR count). The number of rotatable bonds is 9. The lowest BCUT2D eigenvalue weighted by Crippen LogP contribution is -2.23. The minimum atomic E-state index is 0.515. The maximum atomic E-state index is 4.42. The molecule has 0 aliphatic heterocycles. The van der Waals surface area contributed by atoms with E-state index in [9.17, 15) is 0 Å². The Labute approximate surface area is 111 Å². The van der Waals surface area contributed by atoms with Gasteiger partial charge >= 0.3 is 0 Å². The van der Waals surface area contributed by atoms with E-state index in [1.165, 1.54) is 25.0 Å². The Morgan fingerprint density at radius 1 is 1.39 bits per heavy atom. The molecule has 3 nitrogen and oxygen atoms in total. The van der Waals surface area contributed by atoms with Gasteiger partial charge in [0.15, 0.2) is 0 Å². The van der Waals surface area contributed by atoms with Crippen LogP contribution >= 0.6 is 0 Å². The minimum Gasteiger partial charge on any atom is -0.331 e. The number of unbranched alkanes of at least 4 members (excludes halogenated alkanes) is 3. The summed E-state index contributed by atoms with van der Waals surface area (Å²) in [6, 6.07) is 0.515. The first-order valence-corrected chi connectivity index (χ1v) is 7.00. The zero-order chi connectivity index (χ0) is 13.4. The summed E-state index contributed by atoms with van der Waals surface area (Å²) in [7, 11) is 0. The number of imidazole rings is 1. The maximum absolute atomic E-state index is 4.42. The SMILES string of the molecule is C=CCCCCCn1c(CNC(C)C)cnc1C. The van der Waals surface area contributed by atoms with E-state index in [0.29, 0.717) is 6.04 Å². The molecule has 0 amide bonds. The molecule has 1 N–H and O–H groups in total. The van der Waals surface area contributed by atoms with Crippen molar-refractivity contribution in [1.29, 1.82) is 0 Å². The van der Waals surface area contributed by atoms with E-state index in [0.717, 1.165) is 25.3 Å². The average molecular weight is 249 g/mol. The van der Waals surface area contributed by atoms with E-state index in [1.807, 2.05) is 12.3 Å². The van der Waals surface area contributed by atoms with Gasteiger partial charge in [0.1, 0.15) is 5.82 Å². The molecule has 0 atom stereocenters. The molecule has 102 valence electrons. The maximum Gasteiger partial charge on any atom is 0.105 e. The lowest BCUT2D eigenvalue weighted by atomic mass is 10.2. The van der Waals surface area contributed by atoms with E-state index >= 15 is 0 Å². The summed E-state index contributed by atoms with van der Waals surface area (Å²) in [5, 5.41) is 3.45. The molecule has 0 aliphatic carbocycles. The van der Waals surface area contributed by atoms with Crippen molar-refractivity contribution in [2.45, 2.75) is 65.6 Å². The third-order valence-corrected chi connectivity index (χ3v) is 3.12. The quantitative estimate of drug-likeness (QED) is 0.537. The Kier molecular flexibility index (Phi) is 6.73. The fourth-order valence-corrected chi connectivity index (χ4v) is 2.01. The van der Waals surface area contributed by atoms with Crippen LogP contribution in [0.25, 0.3) is 0 Å². The molecule has 0 saturated carbocycles. The molecule has 1 heterocycles. The summed E-state index contributed by atoms with van der Waals surface area (Å²) in [6.07, 6.45) is 8.86. The molecule has 3 heteroatoms. The van der Waals surface area contributed by atoms with Crippen molar-refractivity contribution in [1.82, 2.24) is 14.9 Å². The lowest BCUT2D eigenvalue weighted by molar-refractivity contribution is 0.527. The average Bonchev–Trinajstić information content (AvgIpc) is 2.68. The predicted molar refractivity (Wildman–Crippen MR) is 77.6 cm³/mol. The summed E-state index contributed by atoms with van der Waals surface area (Å²) in [4.78, 5) is 4.42. The lowest BCUT2D eigenvalue weighted by Gasteiger charge is -2.12. The highest BCUT2D eigenvalue weighted by Crippen LogP contribution is 2.09. The highest BCUT2D eigenvalue weighted by molar-refractivity contribution is 5.04. The third kappa shape index (κ3) is 5.05. The second kappa shape index (κ2) is 8.09. The van der Waals surface area contributed by atoms with Gasteiger partial charge in [-0.05, 0) is 26.2 Å². The second-order valence-corrected chi connectivity index (χ2v) is 5.12. The zero-order valence-electron chi connectivity index (χ0n) is 12.1. The number of aryl methyl sites for hydroxylation is 1. The van der Waals surface area contributed by atoms with Crippen LogP contribution in [0.2, 0.25) is 0 Å². The van der Waals surface area contributed by atoms with E-state index in [1.54, 1.807) is 0 Å². The van der Waals surface area contributed by atoms with Gasteiger partial charge in [0, 0.05) is 25.3 Å². The molecule has 18 heavy (non-hydrogen) atoms. The van der Waals surface area contributed by atoms with Crippen LogP contribution in [0.1, 0.15) is 51.0 Å². The smallest absolute Gasteiger partial charge is 0.105 e. The van der Waals surface area contributed by atoms with E-state index in [4.69, 9.17) is 0 Å². The minimum absolute atomic E-state index is 0.515. The fraction of sp³-hybridized carbons (Fsp3) is 0.667. The summed E-state index contributed by atoms with van der Waals surface area (Å²) < 4.78 is 2.34. The van der Waals surface area contributed by atoms with Gasteiger partial charge in [0.25, 0.3) is 0 Å². The van der Waals surface area contributed by atoms with Crippen molar-refractivity contribution in [3.8, 4) is 0 Å². The largest absolute Gasteiger partial charge is 0.331 e. The van der Waals surface area contributed by atoms with Crippen molar-refractivity contribution >= 4 is 0 Å². The molecule has 1 aromatic heterocycles. The molecule has 0 radical (unpaired) electrons. The monoisotopic (exact) mass is 249 g/mol. The zero-order valence-corrected chi connectivity index (χ0v) is 12.1. The molecule has 0 aliphatic rings. The van der Waals surface area contributed by atoms with Crippen LogP contribution in [0.4, 0.5) is 0 Å². The summed E-state index contributed by atoms with van der Waals surface area (Å²) in [5.74, 6) is 1.12. The Morgan fingerprint density at radius 2 is 2.17 bits per heavy atom. The molecule has 0 fully saturated rings. The summed E-state index contributed by atoms with van der Waals surface area (Å²) in [6.45, 7) is 12.2. The Hall–Kier alpha value is -1.09. The van der Waals surface area contributed by atoms with E-state index in [-0.39, 0.29) is 0 Å². The predicted octanol–water partition coefficient (Wildman–Crippen LogP) is 3.44. The van der Waals surface area contributed by atoms with Crippen LogP contribution in [0.3, 0.4) is 0 Å². The number of hydrogen-bond donors (Lipinski definition) is 1. The second-order valence-electron chi connectivity index (χ2n) is 5.12. The number of hydrogen-bond acceptors (Lipinski definition) is 2. The molecular formula is C15H27N3. The first-order valence-electron chi connectivity index (χ1n) is 7.00. The van der Waals surface area contributed by atoms with Crippen LogP contribution in [0.15, 0.2) is 18.9 Å². The van der Waals surface area contributed by atoms with Crippen LogP contribution in [0, 0.1) is 6.92 Å². The Bertz CT molecular complexity index is 353. The van der Waals surface area contributed by atoms with Crippen molar-refractivity contribution in [3.05, 3.63) is 30.4 Å². The van der Waals surface area contributed by atoms with E-state index < -0.39 is 0 Å². The summed E-state index contributed by atoms with van der Waals surface area (Å²) in [5.41, 5.74) is 1.30. The van der Waals surface area contributed by atoms with Crippen LogP contribution < -0.4 is 5.32 Å². The molecule has 0 saturated heterocycles. The van der Waals surface area contributed by atoms with Crippen molar-refractivity contribution in [2.24, 2.45) is 0 Å². The van der Waals surface area contributed by atoms with Crippen molar-refractivity contribution in [3.63, 3.8) is 0 Å². The molecule has 1 aromatic rings. The fourth-order valence-electron chi connectivity index (χ4n) is 2.01. The number of nitrogens with zero attached hydrogens (tertiary/aromatic N) is 2. The number of nitrogens with one attached hydrogen (secondary N) is 1. The standard InChI is InChI=1S/C15H27N3/c1-5-6-7-8-9-10-18-14(4)17-12-15(18)11-16-13(2)3/h5,12-13,16H,1,6-11H2,2-4H3. The topological polar surface area (TPSA) is 29.9 Å². The van der Waals surface area contributed by atoms with Gasteiger partial charge in [0.2, 0.25) is 0 Å². The van der Waals surface area contributed by atoms with Gasteiger partial charge < -0.3 is 9.88 Å². The first-order chi connectivity index (χ1) is 8.65. The normalized spacial score (nSPS) is 11.1. The van der Waals surface area contributed by atoms with Gasteiger partial charge in [-0.1, -0.05) is 26.3 Å². The van der Waals surface area contributed by atoms with Gasteiger partial charge in [0.05, 0.1) is 5.69 Å². The van der Waals surface area contributed by atoms with Gasteiger partial charge in [-0.15, -0.1) is 6.58 Å². The van der Waals surface area contributed by atoms with E-state index in [2.05, 4.69) is 42.2 Å². The van der Waals surface area contributed by atoms with Gasteiger partial charge in [-0.3, -0.25) is 0 Å². The van der Waals surface area contributed by atoms with Gasteiger partial charge in [-0.2, -0.15) is 0 Å². The first kappa shape index (κ1) is 15.0. The highest BCUT2D eigenvalue weighted by Gasteiger charge is 2.06. The number of aromatic nitrogens is 2. The third-order valence-electron chi connectivity index (χ3n) is 3.12. The molecule has 0 aromatic carbocycles. The molecule has 0 spiro atoms. The summed E-state index contributed by atoms with van der Waals surface area (Å²) >= 11 is 0. The van der Waals surface area contributed by atoms with Crippen LogP contribution in [0.5, 0.6) is 0 Å². The van der Waals surface area contributed by atoms with Crippen molar-refractivity contribution < 1.29 is 0 Å². The molecular weight excluding hydrogens is 222 g/mol. The van der Waals surface area contributed by atoms with Crippen LogP contribution in [-0.4, -0.2) is 15.6 Å². The molecule has 0 bridgehead atoms. The highest BCUT2D eigenvalue weighted by atomic mass is 15.1. The Morgan fingerprint density at radius 3 is 2.83 bits per heavy atom. The number of allylic oxidation sites excluding steroid dienone is 1. The van der Waals surface area contributed by atoms with Crippen LogP contribution in [-0.2, 0) is 13.1 Å².